The molecule has 0 radical (unpaired) electrons. The summed E-state index contributed by atoms with van der Waals surface area (Å²) < 4.78 is 5.31. The zero-order chi connectivity index (χ0) is 23.1. The van der Waals surface area contributed by atoms with Crippen molar-refractivity contribution in [3.63, 3.8) is 0 Å². The third-order valence-electron chi connectivity index (χ3n) is 4.55. The molecule has 1 amide bonds. The number of aromatic hydroxyl groups is 1. The molecule has 1 heterocycles. The number of benzene rings is 2. The van der Waals surface area contributed by atoms with Crippen LogP contribution in [0.4, 0.5) is 5.69 Å². The van der Waals surface area contributed by atoms with E-state index in [-0.39, 0.29) is 12.4 Å². The lowest BCUT2D eigenvalue weighted by Gasteiger charge is -2.29. The van der Waals surface area contributed by atoms with Crippen molar-refractivity contribution >= 4 is 34.9 Å². The summed E-state index contributed by atoms with van der Waals surface area (Å²) in [5.41, 5.74) is 2.54. The second-order valence-electron chi connectivity index (χ2n) is 6.84. The third kappa shape index (κ3) is 5.71. The summed E-state index contributed by atoms with van der Waals surface area (Å²) in [4.78, 5) is 24.8. The molecule has 2 aromatic carbocycles. The molecule has 162 valence electrons. The normalized spacial score (nSPS) is 15.5. The lowest BCUT2D eigenvalue weighted by Crippen LogP contribution is -2.45. The van der Waals surface area contributed by atoms with E-state index in [2.05, 4.69) is 16.0 Å². The molecule has 3 rings (SSSR count). The van der Waals surface area contributed by atoms with Crippen LogP contribution >= 0.6 is 12.2 Å². The second-order valence-corrected chi connectivity index (χ2v) is 7.25. The molecule has 0 saturated carbocycles. The SMILES string of the molecule is CC1=C(C(=O)OC/C=C/C(=O)Nc2ccc(C#N)cc2)C(c2cccc(O)c2)NC(=S)N1. The van der Waals surface area contributed by atoms with Crippen molar-refractivity contribution in [2.75, 3.05) is 11.9 Å². The van der Waals surface area contributed by atoms with Crippen molar-refractivity contribution in [1.82, 2.24) is 10.6 Å². The molecule has 1 atom stereocenters. The maximum atomic E-state index is 12.8. The van der Waals surface area contributed by atoms with Gasteiger partial charge in [-0.2, -0.15) is 5.26 Å². The van der Waals surface area contributed by atoms with Gasteiger partial charge < -0.3 is 25.8 Å². The number of thiocarbonyl (C=S) groups is 1. The number of amides is 1. The Bertz CT molecular complexity index is 1150. The first-order chi connectivity index (χ1) is 15.4. The minimum absolute atomic E-state index is 0.0651. The van der Waals surface area contributed by atoms with Crippen LogP contribution in [-0.4, -0.2) is 28.7 Å². The van der Waals surface area contributed by atoms with Crippen LogP contribution in [0.2, 0.25) is 0 Å². The largest absolute Gasteiger partial charge is 0.508 e. The number of nitrogens with one attached hydrogen (secondary N) is 3. The van der Waals surface area contributed by atoms with Crippen molar-refractivity contribution in [3.8, 4) is 11.8 Å². The molecule has 0 bridgehead atoms. The molecule has 0 saturated heterocycles. The van der Waals surface area contributed by atoms with Crippen molar-refractivity contribution in [2.45, 2.75) is 13.0 Å². The van der Waals surface area contributed by atoms with Crippen LogP contribution in [0, 0.1) is 11.3 Å². The zero-order valence-electron chi connectivity index (χ0n) is 17.1. The van der Waals surface area contributed by atoms with Gasteiger partial charge in [0.1, 0.15) is 12.4 Å². The highest BCUT2D eigenvalue weighted by Crippen LogP contribution is 2.29. The summed E-state index contributed by atoms with van der Waals surface area (Å²) in [5.74, 6) is -0.920. The lowest BCUT2D eigenvalue weighted by molar-refractivity contribution is -0.138. The van der Waals surface area contributed by atoms with E-state index in [0.717, 1.165) is 0 Å². The van der Waals surface area contributed by atoms with E-state index in [4.69, 9.17) is 22.2 Å². The maximum absolute atomic E-state index is 12.8. The van der Waals surface area contributed by atoms with Gasteiger partial charge in [-0.05, 0) is 67.2 Å². The van der Waals surface area contributed by atoms with Crippen LogP contribution in [0.15, 0.2) is 72.0 Å². The number of hydrogen-bond donors (Lipinski definition) is 4. The van der Waals surface area contributed by atoms with Gasteiger partial charge in [0.15, 0.2) is 5.11 Å². The van der Waals surface area contributed by atoms with Crippen LogP contribution in [0.3, 0.4) is 0 Å². The number of ether oxygens (including phenoxy) is 1. The fourth-order valence-electron chi connectivity index (χ4n) is 3.09. The van der Waals surface area contributed by atoms with E-state index >= 15 is 0 Å². The third-order valence-corrected chi connectivity index (χ3v) is 4.77. The number of nitrogens with zero attached hydrogens (tertiary/aromatic N) is 1. The van der Waals surface area contributed by atoms with Crippen molar-refractivity contribution in [1.29, 1.82) is 5.26 Å². The van der Waals surface area contributed by atoms with Crippen molar-refractivity contribution in [2.24, 2.45) is 0 Å². The van der Waals surface area contributed by atoms with Gasteiger partial charge in [0, 0.05) is 17.5 Å². The molecule has 9 heteroatoms. The highest BCUT2D eigenvalue weighted by atomic mass is 32.1. The maximum Gasteiger partial charge on any atom is 0.338 e. The van der Waals surface area contributed by atoms with Gasteiger partial charge in [-0.15, -0.1) is 0 Å². The Labute approximate surface area is 190 Å². The summed E-state index contributed by atoms with van der Waals surface area (Å²) in [5, 5.41) is 27.5. The van der Waals surface area contributed by atoms with E-state index in [1.54, 1.807) is 49.4 Å². The standard InChI is InChI=1S/C23H20N4O4S/c1-14-20(21(27-23(32)25-14)16-4-2-5-18(28)12-16)22(30)31-11-3-6-19(29)26-17-9-7-15(13-24)8-10-17/h2-10,12,21,28H,11H2,1H3,(H,26,29)(H2,25,27,32)/b6-3+. The molecule has 0 aliphatic carbocycles. The number of carbonyl (C=O) groups is 2. The number of nitriles is 1. The Hall–Kier alpha value is -4.16. The first kappa shape index (κ1) is 22.5. The Kier molecular flexibility index (Phi) is 7.21. The molecule has 4 N–H and O–H groups in total. The number of phenols is 1. The number of anilines is 1. The highest BCUT2D eigenvalue weighted by molar-refractivity contribution is 7.80. The van der Waals surface area contributed by atoms with Crippen molar-refractivity contribution < 1.29 is 19.4 Å². The smallest absolute Gasteiger partial charge is 0.338 e. The topological polar surface area (TPSA) is 123 Å². The second kappa shape index (κ2) is 10.2. The van der Waals surface area contributed by atoms with Gasteiger partial charge in [0.25, 0.3) is 0 Å². The summed E-state index contributed by atoms with van der Waals surface area (Å²) in [6.45, 7) is 1.59. The monoisotopic (exact) mass is 448 g/mol. The summed E-state index contributed by atoms with van der Waals surface area (Å²) in [7, 11) is 0. The van der Waals surface area contributed by atoms with Crippen LogP contribution < -0.4 is 16.0 Å². The quantitative estimate of drug-likeness (QED) is 0.302. The Morgan fingerprint density at radius 1 is 1.28 bits per heavy atom. The molecule has 1 unspecified atom stereocenters. The molecule has 0 aromatic heterocycles. The number of hydrogen-bond acceptors (Lipinski definition) is 6. The molecule has 0 fully saturated rings. The van der Waals surface area contributed by atoms with Crippen LogP contribution in [0.5, 0.6) is 5.75 Å². The van der Waals surface area contributed by atoms with Crippen molar-refractivity contribution in [3.05, 3.63) is 83.1 Å². The Morgan fingerprint density at radius 3 is 2.72 bits per heavy atom. The van der Waals surface area contributed by atoms with E-state index < -0.39 is 17.9 Å². The predicted octanol–water partition coefficient (Wildman–Crippen LogP) is 2.79. The first-order valence-corrected chi connectivity index (χ1v) is 10.00. The number of allylic oxidation sites excluding steroid dienone is 1. The van der Waals surface area contributed by atoms with E-state index in [1.165, 1.54) is 18.2 Å². The molecular formula is C23H20N4O4S. The lowest BCUT2D eigenvalue weighted by atomic mass is 9.95. The number of esters is 1. The average molecular weight is 449 g/mol. The number of carbonyl (C=O) groups excluding carboxylic acids is 2. The summed E-state index contributed by atoms with van der Waals surface area (Å²) >= 11 is 5.19. The molecule has 0 spiro atoms. The van der Waals surface area contributed by atoms with Crippen LogP contribution in [-0.2, 0) is 14.3 Å². The fraction of sp³-hybridized carbons (Fsp3) is 0.130. The van der Waals surface area contributed by atoms with Gasteiger partial charge in [0.2, 0.25) is 5.91 Å². The number of phenolic OH excluding ortho intramolecular Hbond substituents is 1. The molecule has 1 aliphatic rings. The minimum atomic E-state index is -0.591. The molecule has 2 aromatic rings. The minimum Gasteiger partial charge on any atom is -0.508 e. The van der Waals surface area contributed by atoms with Gasteiger partial charge in [0.05, 0.1) is 23.2 Å². The van der Waals surface area contributed by atoms with E-state index in [0.29, 0.717) is 33.2 Å². The zero-order valence-corrected chi connectivity index (χ0v) is 17.9. The van der Waals surface area contributed by atoms with E-state index in [1.807, 2.05) is 6.07 Å². The van der Waals surface area contributed by atoms with Crippen LogP contribution in [0.25, 0.3) is 0 Å². The first-order valence-electron chi connectivity index (χ1n) is 9.59. The fourth-order valence-corrected chi connectivity index (χ4v) is 3.36. The Balaban J connectivity index is 1.62. The van der Waals surface area contributed by atoms with Gasteiger partial charge in [-0.1, -0.05) is 12.1 Å². The number of rotatable bonds is 6. The summed E-state index contributed by atoms with van der Waals surface area (Å²) in [6, 6.07) is 14.3. The molecule has 1 aliphatic heterocycles. The molecule has 8 nitrogen and oxygen atoms in total. The highest BCUT2D eigenvalue weighted by Gasteiger charge is 2.31. The molecular weight excluding hydrogens is 428 g/mol. The van der Waals surface area contributed by atoms with Crippen LogP contribution in [0.1, 0.15) is 24.1 Å². The predicted molar refractivity (Wildman–Crippen MR) is 122 cm³/mol. The van der Waals surface area contributed by atoms with Gasteiger partial charge >= 0.3 is 5.97 Å². The van der Waals surface area contributed by atoms with Gasteiger partial charge in [-0.25, -0.2) is 4.79 Å². The van der Waals surface area contributed by atoms with Gasteiger partial charge in [-0.3, -0.25) is 4.79 Å². The molecule has 32 heavy (non-hydrogen) atoms. The van der Waals surface area contributed by atoms with E-state index in [9.17, 15) is 14.7 Å². The average Bonchev–Trinajstić information content (AvgIpc) is 2.76. The Morgan fingerprint density at radius 2 is 2.03 bits per heavy atom. The summed E-state index contributed by atoms with van der Waals surface area (Å²) in [6.07, 6.45) is 2.68.